The Morgan fingerprint density at radius 1 is 1.43 bits per heavy atom. The van der Waals surface area contributed by atoms with Gasteiger partial charge in [-0.3, -0.25) is 9.48 Å². The highest BCUT2D eigenvalue weighted by molar-refractivity contribution is 7.90. The first-order chi connectivity index (χ1) is 9.68. The van der Waals surface area contributed by atoms with Crippen molar-refractivity contribution in [2.45, 2.75) is 4.90 Å². The van der Waals surface area contributed by atoms with Crippen LogP contribution in [0, 0.1) is 0 Å². The predicted octanol–water partition coefficient (Wildman–Crippen LogP) is 1.31. The van der Waals surface area contributed by atoms with Crippen LogP contribution in [0.3, 0.4) is 0 Å². The fraction of sp³-hybridized carbons (Fsp3) is 0.167. The third-order valence-electron chi connectivity index (χ3n) is 2.69. The summed E-state index contributed by atoms with van der Waals surface area (Å²) in [7, 11) is -1.77. The summed E-state index contributed by atoms with van der Waals surface area (Å²) in [4.78, 5) is 12.1. The van der Waals surface area contributed by atoms with Crippen LogP contribution in [0.25, 0.3) is 0 Å². The lowest BCUT2D eigenvalue weighted by Crippen LogP contribution is -2.15. The van der Waals surface area contributed by atoms with Gasteiger partial charge in [-0.25, -0.2) is 8.42 Å². The van der Waals surface area contributed by atoms with Crippen LogP contribution >= 0.6 is 11.6 Å². The molecular formula is C12H13ClN4O3S. The van der Waals surface area contributed by atoms with Crippen molar-refractivity contribution in [1.29, 1.82) is 0 Å². The lowest BCUT2D eigenvalue weighted by atomic mass is 10.3. The van der Waals surface area contributed by atoms with Gasteiger partial charge in [0.15, 0.2) is 15.5 Å². The third kappa shape index (κ3) is 3.34. The molecule has 9 heteroatoms. The van der Waals surface area contributed by atoms with E-state index in [1.165, 1.54) is 29.1 Å². The molecule has 7 nitrogen and oxygen atoms in total. The number of aryl methyl sites for hydroxylation is 1. The Hall–Kier alpha value is -2.06. The second-order valence-corrected chi connectivity index (χ2v) is 6.90. The molecule has 0 spiro atoms. The van der Waals surface area contributed by atoms with Crippen LogP contribution in [0.1, 0.15) is 10.5 Å². The molecule has 1 amide bonds. The zero-order chi connectivity index (χ0) is 15.8. The van der Waals surface area contributed by atoms with Crippen molar-refractivity contribution in [3.63, 3.8) is 0 Å². The number of anilines is 2. The Kier molecular flexibility index (Phi) is 3.93. The number of benzene rings is 1. The van der Waals surface area contributed by atoms with Crippen molar-refractivity contribution in [3.05, 3.63) is 35.1 Å². The molecule has 2 aromatic rings. The molecule has 21 heavy (non-hydrogen) atoms. The smallest absolute Gasteiger partial charge is 0.278 e. The molecule has 0 fully saturated rings. The molecule has 1 heterocycles. The van der Waals surface area contributed by atoms with Gasteiger partial charge < -0.3 is 11.1 Å². The van der Waals surface area contributed by atoms with Gasteiger partial charge >= 0.3 is 0 Å². The van der Waals surface area contributed by atoms with Crippen molar-refractivity contribution in [3.8, 4) is 0 Å². The van der Waals surface area contributed by atoms with Crippen LogP contribution in [0.2, 0.25) is 5.02 Å². The molecule has 3 N–H and O–H groups in total. The highest BCUT2D eigenvalue weighted by atomic mass is 35.5. The van der Waals surface area contributed by atoms with E-state index < -0.39 is 15.7 Å². The Morgan fingerprint density at radius 3 is 2.62 bits per heavy atom. The van der Waals surface area contributed by atoms with Gasteiger partial charge in [-0.05, 0) is 18.2 Å². The number of nitrogens with two attached hydrogens (primary N) is 1. The van der Waals surface area contributed by atoms with E-state index in [9.17, 15) is 13.2 Å². The maximum absolute atomic E-state index is 12.1. The van der Waals surface area contributed by atoms with E-state index in [1.54, 1.807) is 7.05 Å². The monoisotopic (exact) mass is 328 g/mol. The molecule has 0 aliphatic heterocycles. The minimum absolute atomic E-state index is 0.0401. The maximum Gasteiger partial charge on any atom is 0.278 e. The molecular weight excluding hydrogens is 316 g/mol. The van der Waals surface area contributed by atoms with Crippen LogP contribution in [0.15, 0.2) is 29.3 Å². The first kappa shape index (κ1) is 15.3. The fourth-order valence-corrected chi connectivity index (χ4v) is 2.51. The summed E-state index contributed by atoms with van der Waals surface area (Å²) >= 11 is 5.96. The summed E-state index contributed by atoms with van der Waals surface area (Å²) in [5, 5.41) is 6.64. The number of nitrogens with zero attached hydrogens (tertiary/aromatic N) is 2. The average Bonchev–Trinajstić information content (AvgIpc) is 2.70. The topological polar surface area (TPSA) is 107 Å². The number of rotatable bonds is 3. The molecule has 0 unspecified atom stereocenters. The lowest BCUT2D eigenvalue weighted by Gasteiger charge is -2.08. The van der Waals surface area contributed by atoms with Gasteiger partial charge in [-0.1, -0.05) is 11.6 Å². The number of sulfone groups is 1. The SMILES string of the molecule is Cn1cc(N)c(C(=O)Nc2cc(S(C)(=O)=O)ccc2Cl)n1. The zero-order valence-corrected chi connectivity index (χ0v) is 12.9. The van der Waals surface area contributed by atoms with Crippen LogP contribution in [0.5, 0.6) is 0 Å². The number of hydrogen-bond acceptors (Lipinski definition) is 5. The Morgan fingerprint density at radius 2 is 2.10 bits per heavy atom. The van der Waals surface area contributed by atoms with Gasteiger partial charge in [-0.2, -0.15) is 5.10 Å². The summed E-state index contributed by atoms with van der Waals surface area (Å²) in [5.74, 6) is -0.569. The quantitative estimate of drug-likeness (QED) is 0.883. The second kappa shape index (κ2) is 5.38. The highest BCUT2D eigenvalue weighted by Gasteiger charge is 2.17. The van der Waals surface area contributed by atoms with Crippen LogP contribution in [0.4, 0.5) is 11.4 Å². The molecule has 0 radical (unpaired) electrons. The highest BCUT2D eigenvalue weighted by Crippen LogP contribution is 2.26. The standard InChI is InChI=1S/C12H13ClN4O3S/c1-17-6-9(14)11(16-17)12(18)15-10-5-7(21(2,19)20)3-4-8(10)13/h3-6H,14H2,1-2H3,(H,15,18). The first-order valence-electron chi connectivity index (χ1n) is 5.78. The zero-order valence-electron chi connectivity index (χ0n) is 11.3. The summed E-state index contributed by atoms with van der Waals surface area (Å²) in [6.45, 7) is 0. The van der Waals surface area contributed by atoms with Crippen LogP contribution in [-0.2, 0) is 16.9 Å². The molecule has 1 aromatic heterocycles. The van der Waals surface area contributed by atoms with E-state index in [-0.39, 0.29) is 27.0 Å². The van der Waals surface area contributed by atoms with Crippen LogP contribution in [-0.4, -0.2) is 30.4 Å². The van der Waals surface area contributed by atoms with Crippen molar-refractivity contribution in [2.24, 2.45) is 7.05 Å². The second-order valence-electron chi connectivity index (χ2n) is 4.47. The Labute approximate surface area is 126 Å². The molecule has 0 aliphatic carbocycles. The molecule has 0 atom stereocenters. The summed E-state index contributed by atoms with van der Waals surface area (Å²) < 4.78 is 24.4. The number of hydrogen-bond donors (Lipinski definition) is 2. The molecule has 112 valence electrons. The Bertz CT molecular complexity index is 814. The normalized spacial score (nSPS) is 11.4. The van der Waals surface area contributed by atoms with Crippen molar-refractivity contribution >= 4 is 38.7 Å². The van der Waals surface area contributed by atoms with Gasteiger partial charge in [0.1, 0.15) is 0 Å². The predicted molar refractivity (Wildman–Crippen MR) is 80.1 cm³/mol. The molecule has 0 bridgehead atoms. The van der Waals surface area contributed by atoms with Gasteiger partial charge in [0.2, 0.25) is 0 Å². The Balaban J connectivity index is 2.35. The molecule has 0 saturated heterocycles. The van der Waals surface area contributed by atoms with Crippen molar-refractivity contribution in [2.75, 3.05) is 17.3 Å². The average molecular weight is 329 g/mol. The van der Waals surface area contributed by atoms with E-state index >= 15 is 0 Å². The number of aromatic nitrogens is 2. The summed E-state index contributed by atoms with van der Waals surface area (Å²) in [5.41, 5.74) is 6.09. The van der Waals surface area contributed by atoms with Gasteiger partial charge in [0, 0.05) is 19.5 Å². The summed E-state index contributed by atoms with van der Waals surface area (Å²) in [6.07, 6.45) is 2.56. The van der Waals surface area contributed by atoms with E-state index in [4.69, 9.17) is 17.3 Å². The largest absolute Gasteiger partial charge is 0.396 e. The van der Waals surface area contributed by atoms with Gasteiger partial charge in [0.25, 0.3) is 5.91 Å². The van der Waals surface area contributed by atoms with E-state index in [0.717, 1.165) is 6.26 Å². The van der Waals surface area contributed by atoms with Crippen LogP contribution < -0.4 is 11.1 Å². The minimum Gasteiger partial charge on any atom is -0.396 e. The van der Waals surface area contributed by atoms with Gasteiger partial charge in [0.05, 0.1) is 21.3 Å². The van der Waals surface area contributed by atoms with Gasteiger partial charge in [-0.15, -0.1) is 0 Å². The lowest BCUT2D eigenvalue weighted by molar-refractivity contribution is 0.102. The molecule has 0 saturated carbocycles. The number of halogens is 1. The number of carbonyl (C=O) groups is 1. The summed E-state index contributed by atoms with van der Waals surface area (Å²) in [6, 6.07) is 4.05. The molecule has 2 rings (SSSR count). The van der Waals surface area contributed by atoms with Crippen molar-refractivity contribution < 1.29 is 13.2 Å². The number of amides is 1. The van der Waals surface area contributed by atoms with Crippen molar-refractivity contribution in [1.82, 2.24) is 9.78 Å². The number of nitrogens with one attached hydrogen (secondary N) is 1. The fourth-order valence-electron chi connectivity index (χ4n) is 1.70. The number of carbonyl (C=O) groups excluding carboxylic acids is 1. The molecule has 0 aliphatic rings. The maximum atomic E-state index is 12.1. The van der Waals surface area contributed by atoms with E-state index in [1.807, 2.05) is 0 Å². The van der Waals surface area contributed by atoms with E-state index in [2.05, 4.69) is 10.4 Å². The molecule has 1 aromatic carbocycles. The van der Waals surface area contributed by atoms with E-state index in [0.29, 0.717) is 0 Å². The third-order valence-corrected chi connectivity index (χ3v) is 4.13. The minimum atomic E-state index is -3.40. The number of nitrogen functional groups attached to an aromatic ring is 1. The first-order valence-corrected chi connectivity index (χ1v) is 8.05.